The molecule has 150 valence electrons. The first-order valence-electron chi connectivity index (χ1n) is 9.64. The molecule has 6 heteroatoms. The number of nitrogens with two attached hydrogens (primary N) is 1. The maximum Gasteiger partial charge on any atom is 0.125 e. The summed E-state index contributed by atoms with van der Waals surface area (Å²) in [5.41, 5.74) is 12.3. The Labute approximate surface area is 186 Å². The fourth-order valence-corrected chi connectivity index (χ4v) is 4.11. The zero-order valence-corrected chi connectivity index (χ0v) is 18.3. The zero-order chi connectivity index (χ0) is 20.9. The van der Waals surface area contributed by atoms with Gasteiger partial charge in [0.2, 0.25) is 0 Å². The van der Waals surface area contributed by atoms with Crippen LogP contribution in [0.25, 0.3) is 33.0 Å². The van der Waals surface area contributed by atoms with E-state index in [0.717, 1.165) is 33.4 Å². The molecule has 0 bridgehead atoms. The van der Waals surface area contributed by atoms with E-state index in [1.54, 1.807) is 17.5 Å². The van der Waals surface area contributed by atoms with Crippen LogP contribution in [0.4, 0.5) is 0 Å². The van der Waals surface area contributed by atoms with Gasteiger partial charge in [-0.3, -0.25) is 4.98 Å². The average molecular weight is 431 g/mol. The van der Waals surface area contributed by atoms with Crippen LogP contribution in [0.5, 0.6) is 0 Å². The lowest BCUT2D eigenvalue weighted by Gasteiger charge is -2.19. The van der Waals surface area contributed by atoms with Gasteiger partial charge in [-0.1, -0.05) is 54.7 Å². The molecule has 4 aromatic rings. The molecule has 0 aliphatic heterocycles. The first kappa shape index (κ1) is 20.3. The zero-order valence-electron chi connectivity index (χ0n) is 16.7. The van der Waals surface area contributed by atoms with Crippen LogP contribution >= 0.6 is 23.6 Å². The molecule has 4 rings (SSSR count). The maximum absolute atomic E-state index is 5.65. The molecule has 30 heavy (non-hydrogen) atoms. The number of benzene rings is 2. The minimum Gasteiger partial charge on any atom is -0.364 e. The molecular weight excluding hydrogens is 408 g/mol. The molecular formula is C24H22N4S2. The van der Waals surface area contributed by atoms with Crippen molar-refractivity contribution in [2.45, 2.75) is 6.54 Å². The summed E-state index contributed by atoms with van der Waals surface area (Å²) in [5.74, 6) is 0. The summed E-state index contributed by atoms with van der Waals surface area (Å²) in [4.78, 5) is 11.7. The highest BCUT2D eigenvalue weighted by atomic mass is 32.1. The number of hydrogen-bond acceptors (Lipinski definition) is 5. The molecule has 2 heterocycles. The van der Waals surface area contributed by atoms with E-state index in [1.807, 2.05) is 30.3 Å². The quantitative estimate of drug-likeness (QED) is 0.423. The summed E-state index contributed by atoms with van der Waals surface area (Å²) in [5, 5.41) is 3.07. The Bertz CT molecular complexity index is 1140. The third-order valence-electron chi connectivity index (χ3n) is 4.87. The van der Waals surface area contributed by atoms with Crippen LogP contribution in [0, 0.1) is 0 Å². The minimum atomic E-state index is 0.395. The highest BCUT2D eigenvalue weighted by molar-refractivity contribution is 7.80. The number of thiazole rings is 1. The fraction of sp³-hybridized carbons (Fsp3) is 0.125. The fourth-order valence-electron chi connectivity index (χ4n) is 3.23. The molecule has 0 fully saturated rings. The molecule has 2 aromatic heterocycles. The van der Waals surface area contributed by atoms with Gasteiger partial charge in [-0.25, -0.2) is 4.98 Å². The lowest BCUT2D eigenvalue weighted by Crippen LogP contribution is -2.30. The smallest absolute Gasteiger partial charge is 0.125 e. The van der Waals surface area contributed by atoms with Gasteiger partial charge in [-0.15, -0.1) is 11.3 Å². The third kappa shape index (κ3) is 4.62. The largest absolute Gasteiger partial charge is 0.364 e. The van der Waals surface area contributed by atoms with E-state index >= 15 is 0 Å². The summed E-state index contributed by atoms with van der Waals surface area (Å²) in [6.07, 6.45) is 3.62. The molecule has 0 aliphatic rings. The number of hydrogen-bond donors (Lipinski definition) is 1. The van der Waals surface area contributed by atoms with Crippen LogP contribution in [0.15, 0.2) is 78.4 Å². The SMILES string of the molecule is CN(Cc1cccc(-c2ccc(-c3csc(-c4cccnc4)n3)cc2)c1)C(=S)CN. The van der Waals surface area contributed by atoms with Crippen molar-refractivity contribution in [1.82, 2.24) is 14.9 Å². The monoisotopic (exact) mass is 430 g/mol. The van der Waals surface area contributed by atoms with Gasteiger partial charge in [-0.05, 0) is 34.9 Å². The van der Waals surface area contributed by atoms with Crippen molar-refractivity contribution in [3.8, 4) is 33.0 Å². The number of aromatic nitrogens is 2. The van der Waals surface area contributed by atoms with Crippen molar-refractivity contribution >= 4 is 28.5 Å². The van der Waals surface area contributed by atoms with Crippen molar-refractivity contribution in [1.29, 1.82) is 0 Å². The van der Waals surface area contributed by atoms with Crippen LogP contribution in [-0.4, -0.2) is 33.4 Å². The van der Waals surface area contributed by atoms with E-state index in [-0.39, 0.29) is 0 Å². The summed E-state index contributed by atoms with van der Waals surface area (Å²) in [6, 6.07) is 21.0. The second-order valence-corrected chi connectivity index (χ2v) is 8.34. The van der Waals surface area contributed by atoms with Gasteiger partial charge >= 0.3 is 0 Å². The molecule has 0 atom stereocenters. The van der Waals surface area contributed by atoms with Gasteiger partial charge in [0, 0.05) is 49.0 Å². The summed E-state index contributed by atoms with van der Waals surface area (Å²) in [7, 11) is 1.98. The van der Waals surface area contributed by atoms with E-state index in [9.17, 15) is 0 Å². The predicted molar refractivity (Wildman–Crippen MR) is 129 cm³/mol. The van der Waals surface area contributed by atoms with Crippen LogP contribution < -0.4 is 5.73 Å². The van der Waals surface area contributed by atoms with Crippen molar-refractivity contribution in [2.24, 2.45) is 5.73 Å². The van der Waals surface area contributed by atoms with Crippen molar-refractivity contribution in [3.05, 3.63) is 84.0 Å². The van der Waals surface area contributed by atoms with E-state index < -0.39 is 0 Å². The molecule has 0 saturated carbocycles. The van der Waals surface area contributed by atoms with Crippen LogP contribution in [0.3, 0.4) is 0 Å². The van der Waals surface area contributed by atoms with E-state index in [1.165, 1.54) is 16.7 Å². The number of nitrogens with zero attached hydrogens (tertiary/aromatic N) is 3. The average Bonchev–Trinajstić information content (AvgIpc) is 3.30. The first-order valence-corrected chi connectivity index (χ1v) is 10.9. The summed E-state index contributed by atoms with van der Waals surface area (Å²) >= 11 is 6.92. The predicted octanol–water partition coefficient (Wildman–Crippen LogP) is 5.26. The van der Waals surface area contributed by atoms with E-state index in [4.69, 9.17) is 22.9 Å². The Morgan fingerprint density at radius 1 is 1.00 bits per heavy atom. The Kier molecular flexibility index (Phi) is 6.28. The Morgan fingerprint density at radius 3 is 2.50 bits per heavy atom. The molecule has 0 aliphatic carbocycles. The van der Waals surface area contributed by atoms with Gasteiger partial charge in [0.25, 0.3) is 0 Å². The standard InChI is InChI=1S/C24H22N4S2/c1-28(23(29)13-25)15-17-4-2-5-20(12-17)18-7-9-19(10-8-18)22-16-30-24(27-22)21-6-3-11-26-14-21/h2-12,14,16H,13,15,25H2,1H3. The lowest BCUT2D eigenvalue weighted by molar-refractivity contribution is 0.503. The third-order valence-corrected chi connectivity index (χ3v) is 6.24. The van der Waals surface area contributed by atoms with Gasteiger partial charge in [0.1, 0.15) is 5.01 Å². The molecule has 4 nitrogen and oxygen atoms in total. The minimum absolute atomic E-state index is 0.395. The molecule has 0 radical (unpaired) electrons. The first-order chi connectivity index (χ1) is 14.6. The second kappa shape index (κ2) is 9.26. The number of rotatable bonds is 6. The highest BCUT2D eigenvalue weighted by Gasteiger charge is 2.08. The number of likely N-dealkylation sites (N-methyl/N-ethyl adjacent to an activating group) is 1. The van der Waals surface area contributed by atoms with E-state index in [2.05, 4.69) is 58.9 Å². The summed E-state index contributed by atoms with van der Waals surface area (Å²) < 4.78 is 0. The van der Waals surface area contributed by atoms with Crippen molar-refractivity contribution in [3.63, 3.8) is 0 Å². The summed E-state index contributed by atoms with van der Waals surface area (Å²) in [6.45, 7) is 1.14. The van der Waals surface area contributed by atoms with E-state index in [0.29, 0.717) is 6.54 Å². The Morgan fingerprint density at radius 2 is 1.77 bits per heavy atom. The molecule has 0 amide bonds. The maximum atomic E-state index is 5.65. The molecule has 0 saturated heterocycles. The van der Waals surface area contributed by atoms with Gasteiger partial charge in [0.15, 0.2) is 0 Å². The highest BCUT2D eigenvalue weighted by Crippen LogP contribution is 2.30. The van der Waals surface area contributed by atoms with Crippen LogP contribution in [0.1, 0.15) is 5.56 Å². The van der Waals surface area contributed by atoms with Crippen molar-refractivity contribution in [2.75, 3.05) is 13.6 Å². The number of pyridine rings is 1. The lowest BCUT2D eigenvalue weighted by atomic mass is 10.0. The normalized spacial score (nSPS) is 10.7. The van der Waals surface area contributed by atoms with Gasteiger partial charge in [0.05, 0.1) is 10.7 Å². The molecule has 0 spiro atoms. The second-order valence-electron chi connectivity index (χ2n) is 7.01. The molecule has 0 unspecified atom stereocenters. The topological polar surface area (TPSA) is 55.0 Å². The van der Waals surface area contributed by atoms with Crippen LogP contribution in [0.2, 0.25) is 0 Å². The Hall–Kier alpha value is -2.93. The van der Waals surface area contributed by atoms with Crippen LogP contribution in [-0.2, 0) is 6.54 Å². The molecule has 2 aromatic carbocycles. The number of thiocarbonyl (C=S) groups is 1. The Balaban J connectivity index is 1.52. The molecule has 2 N–H and O–H groups in total. The van der Waals surface area contributed by atoms with Gasteiger partial charge < -0.3 is 10.6 Å². The van der Waals surface area contributed by atoms with Gasteiger partial charge in [-0.2, -0.15) is 0 Å². The van der Waals surface area contributed by atoms with Crippen molar-refractivity contribution < 1.29 is 0 Å².